The van der Waals surface area contributed by atoms with Crippen molar-refractivity contribution in [2.45, 2.75) is 78.7 Å². The molecule has 0 saturated heterocycles. The standard InChI is InChI=1S/C37H47ClIN2O8PS/c1-23(2)18-32-35(44)48-30(24(3)10-11-25-12-14-26(15-13-25)21-47-51(39)50)8-7-9-33(42)41-29(20-27-16-17-31(46-6)28(38)19-27)34(43)40-22-37(4,5)36(45)49-32/h7,9-17,19,23-24,29-30,32,50H,8,18,20-22H2,1-6H3,(H,40,43)(H,41,42)/b9-7+,11-10+/t24-,29-,30+,32+,51?/m1/s1/i50T. The maximum Gasteiger partial charge on any atom is 0.347 e. The van der Waals surface area contributed by atoms with Gasteiger partial charge in [-0.3, -0.25) is 14.4 Å². The van der Waals surface area contributed by atoms with E-state index in [9.17, 15) is 19.2 Å². The van der Waals surface area contributed by atoms with Gasteiger partial charge in [0, 0.05) is 54.0 Å². The van der Waals surface area contributed by atoms with Crippen LogP contribution < -0.4 is 15.4 Å². The highest BCUT2D eigenvalue weighted by Crippen LogP contribution is 2.26. The SMILES string of the molecule is [3H]P=S(I)OCc1ccc(/C=C/[C@@H](C)[C@@H]2C/C=C/C(=O)N[C@H](Cc3ccc(OC)c(Cl)c3)C(=O)NCC(C)(C)C(=O)O[C@@H](CC(C)C)C(=O)O2)cc1. The predicted octanol–water partition coefficient (Wildman–Crippen LogP) is 7.16. The summed E-state index contributed by atoms with van der Waals surface area (Å²) in [7, 11) is 1.48. The highest BCUT2D eigenvalue weighted by atomic mass is 127. The van der Waals surface area contributed by atoms with Gasteiger partial charge in [-0.1, -0.05) is 88.9 Å². The average molecular weight is 875 g/mol. The van der Waals surface area contributed by atoms with Gasteiger partial charge in [-0.2, -0.15) is 0 Å². The van der Waals surface area contributed by atoms with Gasteiger partial charge in [0.2, 0.25) is 11.8 Å². The second kappa shape index (κ2) is 20.5. The number of carbonyl (C=O) groups is 4. The van der Waals surface area contributed by atoms with Crippen molar-refractivity contribution in [3.63, 3.8) is 0 Å². The Morgan fingerprint density at radius 1 is 1.12 bits per heavy atom. The molecular weight excluding hydrogens is 826 g/mol. The van der Waals surface area contributed by atoms with E-state index in [0.29, 0.717) is 30.9 Å². The summed E-state index contributed by atoms with van der Waals surface area (Å²) in [6.45, 7) is 9.26. The van der Waals surface area contributed by atoms with E-state index in [1.165, 1.54) is 13.2 Å². The lowest BCUT2D eigenvalue weighted by atomic mass is 9.93. The van der Waals surface area contributed by atoms with E-state index < -0.39 is 54.9 Å². The molecule has 2 aromatic rings. The Balaban J connectivity index is 1.90. The van der Waals surface area contributed by atoms with Crippen LogP contribution in [0.3, 0.4) is 0 Å². The molecule has 0 bridgehead atoms. The first-order valence-corrected chi connectivity index (χ1v) is 21.7. The van der Waals surface area contributed by atoms with E-state index >= 15 is 0 Å². The topological polar surface area (TPSA) is 129 Å². The van der Waals surface area contributed by atoms with Crippen molar-refractivity contribution in [3.8, 4) is 5.75 Å². The summed E-state index contributed by atoms with van der Waals surface area (Å²) in [6.07, 6.45) is 5.43. The van der Waals surface area contributed by atoms with E-state index in [4.69, 9.17) is 31.3 Å². The molecule has 2 N–H and O–H groups in total. The molecule has 0 aliphatic carbocycles. The van der Waals surface area contributed by atoms with Gasteiger partial charge < -0.3 is 29.0 Å². The number of carbonyl (C=O) groups excluding carboxylic acids is 4. The Kier molecular flexibility index (Phi) is 16.4. The monoisotopic (exact) mass is 874 g/mol. The van der Waals surface area contributed by atoms with Crippen LogP contribution in [0.1, 0.15) is 64.2 Å². The fourth-order valence-corrected chi connectivity index (χ4v) is 6.10. The normalized spacial score (nSPS) is 22.8. The van der Waals surface area contributed by atoms with Gasteiger partial charge in [0.25, 0.3) is 0 Å². The number of benzene rings is 2. The smallest absolute Gasteiger partial charge is 0.347 e. The first kappa shape index (κ1) is 41.0. The van der Waals surface area contributed by atoms with Crippen LogP contribution in [0.5, 0.6) is 5.75 Å². The van der Waals surface area contributed by atoms with Crippen LogP contribution in [-0.2, 0) is 53.4 Å². The molecule has 5 atom stereocenters. The minimum absolute atomic E-state index is 0.00787. The number of methoxy groups -OCH3 is 1. The van der Waals surface area contributed by atoms with Crippen LogP contribution in [0.25, 0.3) is 6.08 Å². The maximum atomic E-state index is 13.6. The first-order valence-electron chi connectivity index (χ1n) is 17.0. The zero-order valence-electron chi connectivity index (χ0n) is 30.7. The predicted molar refractivity (Wildman–Crippen MR) is 213 cm³/mol. The third-order valence-electron chi connectivity index (χ3n) is 8.13. The molecule has 0 fully saturated rings. The first-order chi connectivity index (χ1) is 24.6. The summed E-state index contributed by atoms with van der Waals surface area (Å²) in [5, 5.41) is 5.90. The summed E-state index contributed by atoms with van der Waals surface area (Å²) >= 11 is 8.43. The number of esters is 2. The Morgan fingerprint density at radius 2 is 1.82 bits per heavy atom. The molecule has 2 amide bonds. The minimum Gasteiger partial charge on any atom is -0.495 e. The number of halogens is 2. The number of amides is 2. The number of hydrogen-bond acceptors (Lipinski definition) is 8. The Bertz CT molecular complexity index is 1660. The molecule has 14 heteroatoms. The van der Waals surface area contributed by atoms with Gasteiger partial charge in [0.05, 0.1) is 24.2 Å². The molecule has 1 unspecified atom stereocenters. The molecule has 2 aromatic carbocycles. The van der Waals surface area contributed by atoms with Crippen molar-refractivity contribution >= 4 is 78.1 Å². The molecule has 0 radical (unpaired) electrons. The van der Waals surface area contributed by atoms with E-state index in [1.54, 1.807) is 38.1 Å². The molecule has 51 heavy (non-hydrogen) atoms. The van der Waals surface area contributed by atoms with Gasteiger partial charge in [-0.25, -0.2) is 4.79 Å². The van der Waals surface area contributed by atoms with Crippen LogP contribution >= 0.6 is 40.8 Å². The Hall–Kier alpha value is -2.77. The van der Waals surface area contributed by atoms with Gasteiger partial charge in [-0.05, 0) is 61.1 Å². The lowest BCUT2D eigenvalue weighted by Crippen LogP contribution is -2.51. The van der Waals surface area contributed by atoms with E-state index in [-0.39, 0.29) is 37.6 Å². The van der Waals surface area contributed by atoms with Gasteiger partial charge in [-0.15, -0.1) is 0 Å². The number of ether oxygens (including phenoxy) is 3. The third kappa shape index (κ3) is 14.3. The Morgan fingerprint density at radius 3 is 2.47 bits per heavy atom. The molecule has 0 aromatic heterocycles. The van der Waals surface area contributed by atoms with Gasteiger partial charge >= 0.3 is 11.9 Å². The largest absolute Gasteiger partial charge is 0.495 e. The van der Waals surface area contributed by atoms with Crippen molar-refractivity contribution < 1.29 is 37.6 Å². The maximum absolute atomic E-state index is 13.6. The summed E-state index contributed by atoms with van der Waals surface area (Å²) in [4.78, 5) is 53.8. The van der Waals surface area contributed by atoms with Gasteiger partial charge in [0.1, 0.15) is 19.2 Å². The van der Waals surface area contributed by atoms with Gasteiger partial charge in [0.15, 0.2) is 6.10 Å². The summed E-state index contributed by atoms with van der Waals surface area (Å²) in [6, 6.07) is 11.9. The van der Waals surface area contributed by atoms with Crippen LogP contribution in [0.2, 0.25) is 5.02 Å². The highest BCUT2D eigenvalue weighted by molar-refractivity contribution is 14.2. The van der Waals surface area contributed by atoms with Crippen molar-refractivity contribution in [1.29, 1.82) is 1.28 Å². The van der Waals surface area contributed by atoms with E-state index in [1.807, 2.05) is 57.2 Å². The van der Waals surface area contributed by atoms with Crippen molar-refractivity contribution in [1.82, 2.24) is 10.6 Å². The molecule has 0 spiro atoms. The lowest BCUT2D eigenvalue weighted by molar-refractivity contribution is -0.178. The van der Waals surface area contributed by atoms with E-state index in [2.05, 4.69) is 31.8 Å². The second-order valence-electron chi connectivity index (χ2n) is 13.4. The van der Waals surface area contributed by atoms with Crippen LogP contribution in [0, 0.1) is 17.3 Å². The number of nitrogens with one attached hydrogen (secondary N) is 2. The Labute approximate surface area is 323 Å². The number of rotatable bonds is 11. The highest BCUT2D eigenvalue weighted by Gasteiger charge is 2.37. The summed E-state index contributed by atoms with van der Waals surface area (Å²) in [5.41, 5.74) is 1.39. The molecule has 1 aliphatic rings. The number of hydrogen-bond donors (Lipinski definition) is 2. The molecule has 10 nitrogen and oxygen atoms in total. The van der Waals surface area contributed by atoms with Crippen molar-refractivity contribution in [2.75, 3.05) is 13.7 Å². The fraction of sp³-hybridized carbons (Fsp3) is 0.459. The molecule has 3 rings (SSSR count). The fourth-order valence-electron chi connectivity index (χ4n) is 5.05. The average Bonchev–Trinajstić information content (AvgIpc) is 3.10. The zero-order valence-corrected chi connectivity index (χ0v) is 34.3. The molecular formula is C37H47ClIN2O8PS. The van der Waals surface area contributed by atoms with Crippen molar-refractivity contribution in [2.24, 2.45) is 17.3 Å². The van der Waals surface area contributed by atoms with Crippen LogP contribution in [0.4, 0.5) is 0 Å². The minimum atomic E-state index is -1.21. The van der Waals surface area contributed by atoms with Crippen LogP contribution in [0.15, 0.2) is 60.7 Å². The molecule has 278 valence electrons. The number of cyclic esters (lactones) is 2. The van der Waals surface area contributed by atoms with E-state index in [0.717, 1.165) is 11.1 Å². The summed E-state index contributed by atoms with van der Waals surface area (Å²) < 4.78 is 30.1. The molecule has 1 aliphatic heterocycles. The lowest BCUT2D eigenvalue weighted by Gasteiger charge is -2.29. The quantitative estimate of drug-likeness (QED) is 0.138. The molecule has 1 heterocycles. The zero-order chi connectivity index (χ0) is 38.4. The van der Waals surface area contributed by atoms with Crippen LogP contribution in [-0.4, -0.2) is 56.9 Å². The second-order valence-corrected chi connectivity index (χ2v) is 19.9. The summed E-state index contributed by atoms with van der Waals surface area (Å²) in [5.74, 6) is -2.19. The molecule has 0 saturated carbocycles. The van der Waals surface area contributed by atoms with Crippen molar-refractivity contribution in [3.05, 3.63) is 82.4 Å². The third-order valence-corrected chi connectivity index (χ3v) is 9.82.